The van der Waals surface area contributed by atoms with Crippen LogP contribution in [-0.4, -0.2) is 47.7 Å². The van der Waals surface area contributed by atoms with E-state index in [2.05, 4.69) is 48.4 Å². The predicted molar refractivity (Wildman–Crippen MR) is 118 cm³/mol. The van der Waals surface area contributed by atoms with Crippen molar-refractivity contribution in [2.24, 2.45) is 7.05 Å². The van der Waals surface area contributed by atoms with E-state index in [-0.39, 0.29) is 11.5 Å². The van der Waals surface area contributed by atoms with E-state index in [9.17, 15) is 4.79 Å². The van der Waals surface area contributed by atoms with Crippen molar-refractivity contribution in [2.45, 2.75) is 39.2 Å². The van der Waals surface area contributed by atoms with Crippen molar-refractivity contribution in [1.29, 1.82) is 0 Å². The molecule has 1 aromatic carbocycles. The summed E-state index contributed by atoms with van der Waals surface area (Å²) in [6.07, 6.45) is 3.12. The molecule has 2 aromatic heterocycles. The van der Waals surface area contributed by atoms with Gasteiger partial charge in [0.2, 0.25) is 5.89 Å². The minimum atomic E-state index is -0.309. The average Bonchev–Trinajstić information content (AvgIpc) is 3.27. The Balaban J connectivity index is 1.84. The van der Waals surface area contributed by atoms with Gasteiger partial charge in [-0.05, 0) is 56.6 Å². The molecule has 1 fully saturated rings. The predicted octanol–water partition coefficient (Wildman–Crippen LogP) is 3.77. The number of aryl methyl sites for hydroxylation is 2. The first-order valence-corrected chi connectivity index (χ1v) is 10.3. The summed E-state index contributed by atoms with van der Waals surface area (Å²) in [5.41, 5.74) is 3.37. The molecule has 0 radical (unpaired) electrons. The third kappa shape index (κ3) is 3.46. The smallest absolute Gasteiger partial charge is 0.347 e. The van der Waals surface area contributed by atoms with Gasteiger partial charge in [0.15, 0.2) is 0 Å². The number of fused-ring (bicyclic) bond motifs is 1. The average molecular weight is 395 g/mol. The molecule has 0 bridgehead atoms. The molecule has 154 valence electrons. The fourth-order valence-electron chi connectivity index (χ4n) is 4.38. The molecule has 3 heterocycles. The molecule has 4 rings (SSSR count). The number of hydrogen-bond donors (Lipinski definition) is 0. The third-order valence-electron chi connectivity index (χ3n) is 5.99. The fourth-order valence-corrected chi connectivity index (χ4v) is 4.38. The summed E-state index contributed by atoms with van der Waals surface area (Å²) in [5.74, 6) is 1.68. The normalized spacial score (nSPS) is 17.2. The van der Waals surface area contributed by atoms with Crippen LogP contribution in [0.25, 0.3) is 22.4 Å². The molecule has 29 heavy (non-hydrogen) atoms. The van der Waals surface area contributed by atoms with Crippen LogP contribution in [0.4, 0.5) is 5.82 Å². The van der Waals surface area contributed by atoms with E-state index < -0.39 is 0 Å². The largest absolute Gasteiger partial charge is 0.403 e. The Morgan fingerprint density at radius 3 is 2.69 bits per heavy atom. The molecular formula is C23H30N4O2. The van der Waals surface area contributed by atoms with Crippen molar-refractivity contribution in [3.8, 4) is 11.5 Å². The van der Waals surface area contributed by atoms with E-state index >= 15 is 0 Å². The first-order valence-electron chi connectivity index (χ1n) is 10.3. The van der Waals surface area contributed by atoms with Gasteiger partial charge in [-0.15, -0.1) is 0 Å². The topological polar surface area (TPSA) is 54.5 Å². The Labute approximate surface area is 171 Å². The molecule has 6 heteroatoms. The second-order valence-electron chi connectivity index (χ2n) is 8.73. The van der Waals surface area contributed by atoms with Crippen LogP contribution >= 0.6 is 0 Å². The summed E-state index contributed by atoms with van der Waals surface area (Å²) in [4.78, 5) is 22.4. The lowest BCUT2D eigenvalue weighted by atomic mass is 9.97. The Kier molecular flexibility index (Phi) is 4.99. The number of likely N-dealkylation sites (N-methyl/N-ethyl adjacent to an activating group) is 1. The van der Waals surface area contributed by atoms with Gasteiger partial charge in [0.1, 0.15) is 5.82 Å². The van der Waals surface area contributed by atoms with E-state index in [0.717, 1.165) is 42.0 Å². The Morgan fingerprint density at radius 2 is 2.03 bits per heavy atom. The van der Waals surface area contributed by atoms with E-state index in [1.165, 1.54) is 0 Å². The minimum Gasteiger partial charge on any atom is -0.403 e. The number of hydrogen-bond acceptors (Lipinski definition) is 5. The monoisotopic (exact) mass is 394 g/mol. The van der Waals surface area contributed by atoms with Gasteiger partial charge >= 0.3 is 5.63 Å². The van der Waals surface area contributed by atoms with Crippen LogP contribution in [0.1, 0.15) is 37.3 Å². The van der Waals surface area contributed by atoms with Crippen LogP contribution < -0.4 is 10.5 Å². The highest BCUT2D eigenvalue weighted by molar-refractivity contribution is 5.84. The maximum Gasteiger partial charge on any atom is 0.347 e. The van der Waals surface area contributed by atoms with Crippen molar-refractivity contribution in [2.75, 3.05) is 32.1 Å². The summed E-state index contributed by atoms with van der Waals surface area (Å²) in [6, 6.07) is 6.55. The first-order chi connectivity index (χ1) is 13.8. The molecule has 1 unspecified atom stereocenters. The zero-order valence-corrected chi connectivity index (χ0v) is 18.2. The fraction of sp³-hybridized carbons (Fsp3) is 0.478. The first kappa shape index (κ1) is 19.7. The molecule has 0 spiro atoms. The number of rotatable bonds is 4. The number of benzene rings is 1. The second kappa shape index (κ2) is 7.34. The molecule has 1 aliphatic heterocycles. The number of anilines is 1. The van der Waals surface area contributed by atoms with E-state index in [1.807, 2.05) is 32.3 Å². The molecule has 0 aliphatic carbocycles. The van der Waals surface area contributed by atoms with Crippen molar-refractivity contribution >= 4 is 16.7 Å². The van der Waals surface area contributed by atoms with Gasteiger partial charge in [-0.2, -0.15) is 0 Å². The van der Waals surface area contributed by atoms with Crippen molar-refractivity contribution < 1.29 is 4.42 Å². The SMILES string of the molecule is Cc1cc(C(C)C)c2c(=O)oc(-c3ccn(C)c3N3CCC(N(C)C)C3)nc2c1. The second-order valence-corrected chi connectivity index (χ2v) is 8.73. The molecular weight excluding hydrogens is 364 g/mol. The zero-order valence-electron chi connectivity index (χ0n) is 18.2. The van der Waals surface area contributed by atoms with Gasteiger partial charge < -0.3 is 18.8 Å². The molecule has 1 saturated heterocycles. The molecule has 0 amide bonds. The molecule has 6 nitrogen and oxygen atoms in total. The standard InChI is InChI=1S/C23H30N4O2/c1-14(2)18-11-15(3)12-19-20(18)23(28)29-21(24-19)17-8-9-26(6)22(17)27-10-7-16(13-27)25(4)5/h8-9,11-12,14,16H,7,10,13H2,1-6H3. The van der Waals surface area contributed by atoms with Gasteiger partial charge in [0.05, 0.1) is 16.5 Å². The van der Waals surface area contributed by atoms with Crippen LogP contribution in [0.3, 0.4) is 0 Å². The summed E-state index contributed by atoms with van der Waals surface area (Å²) in [5, 5.41) is 0.598. The van der Waals surface area contributed by atoms with Crippen molar-refractivity contribution in [3.63, 3.8) is 0 Å². The molecule has 0 saturated carbocycles. The van der Waals surface area contributed by atoms with Crippen molar-refractivity contribution in [1.82, 2.24) is 14.5 Å². The zero-order chi connectivity index (χ0) is 20.9. The quantitative estimate of drug-likeness (QED) is 0.674. The maximum atomic E-state index is 13.0. The van der Waals surface area contributed by atoms with E-state index in [4.69, 9.17) is 9.40 Å². The van der Waals surface area contributed by atoms with Gasteiger partial charge in [-0.1, -0.05) is 19.9 Å². The van der Waals surface area contributed by atoms with Crippen LogP contribution in [0.2, 0.25) is 0 Å². The van der Waals surface area contributed by atoms with E-state index in [0.29, 0.717) is 22.8 Å². The molecule has 1 aliphatic rings. The number of aromatic nitrogens is 2. The van der Waals surface area contributed by atoms with Crippen LogP contribution in [-0.2, 0) is 7.05 Å². The van der Waals surface area contributed by atoms with E-state index in [1.54, 1.807) is 0 Å². The van der Waals surface area contributed by atoms with Crippen LogP contribution in [0.5, 0.6) is 0 Å². The number of nitrogens with zero attached hydrogens (tertiary/aromatic N) is 4. The Hall–Kier alpha value is -2.60. The summed E-state index contributed by atoms with van der Waals surface area (Å²) in [6.45, 7) is 8.14. The van der Waals surface area contributed by atoms with Gasteiger partial charge in [0.25, 0.3) is 0 Å². The molecule has 1 atom stereocenters. The third-order valence-corrected chi connectivity index (χ3v) is 5.99. The molecule has 3 aromatic rings. The Bertz CT molecular complexity index is 1110. The summed E-state index contributed by atoms with van der Waals surface area (Å²) >= 11 is 0. The highest BCUT2D eigenvalue weighted by atomic mass is 16.4. The molecule has 0 N–H and O–H groups in total. The highest BCUT2D eigenvalue weighted by Crippen LogP contribution is 2.34. The highest BCUT2D eigenvalue weighted by Gasteiger charge is 2.29. The lowest BCUT2D eigenvalue weighted by molar-refractivity contribution is 0.315. The summed E-state index contributed by atoms with van der Waals surface area (Å²) < 4.78 is 7.87. The minimum absolute atomic E-state index is 0.229. The van der Waals surface area contributed by atoms with Gasteiger partial charge in [-0.25, -0.2) is 9.78 Å². The lowest BCUT2D eigenvalue weighted by Crippen LogP contribution is -2.32. The van der Waals surface area contributed by atoms with Gasteiger partial charge in [-0.3, -0.25) is 0 Å². The maximum absolute atomic E-state index is 13.0. The van der Waals surface area contributed by atoms with Crippen LogP contribution in [0.15, 0.2) is 33.6 Å². The van der Waals surface area contributed by atoms with Crippen LogP contribution in [0, 0.1) is 6.92 Å². The Morgan fingerprint density at radius 1 is 1.28 bits per heavy atom. The lowest BCUT2D eigenvalue weighted by Gasteiger charge is -2.23. The van der Waals surface area contributed by atoms with Crippen molar-refractivity contribution in [3.05, 3.63) is 45.9 Å². The summed E-state index contributed by atoms with van der Waals surface area (Å²) in [7, 11) is 6.28. The van der Waals surface area contributed by atoms with Gasteiger partial charge in [0, 0.05) is 32.4 Å².